The van der Waals surface area contributed by atoms with Crippen LogP contribution in [-0.4, -0.2) is 53.0 Å². The van der Waals surface area contributed by atoms with Gasteiger partial charge in [-0.2, -0.15) is 13.2 Å². The molecule has 6 nitrogen and oxygen atoms in total. The first kappa shape index (κ1) is 22.5. The number of benzene rings is 1. The van der Waals surface area contributed by atoms with Crippen LogP contribution in [-0.2, 0) is 17.5 Å². The molecule has 0 unspecified atom stereocenters. The number of nitrogens with zero attached hydrogens (tertiary/aromatic N) is 4. The van der Waals surface area contributed by atoms with E-state index in [4.69, 9.17) is 0 Å². The lowest BCUT2D eigenvalue weighted by atomic mass is 9.94. The molecule has 2 aliphatic heterocycles. The predicted molar refractivity (Wildman–Crippen MR) is 115 cm³/mol. The van der Waals surface area contributed by atoms with Crippen LogP contribution in [0.3, 0.4) is 0 Å². The van der Waals surface area contributed by atoms with Crippen LogP contribution in [0.25, 0.3) is 0 Å². The molecule has 32 heavy (non-hydrogen) atoms. The quantitative estimate of drug-likeness (QED) is 0.760. The Hall–Kier alpha value is -2.68. The standard InChI is InChI=1S/C23H28F3N5O/c24-23(25,26)19-4-1-3-17(15-19)16-30-11-7-20(8-12-30)29-21(32)18-5-13-31(14-6-18)22-27-9-2-10-28-22/h1-4,9-10,15,18,20H,5-8,11-14,16H2,(H,29,32). The molecule has 2 aromatic rings. The number of hydrogen-bond donors (Lipinski definition) is 1. The molecule has 4 rings (SSSR count). The Bertz CT molecular complexity index is 892. The molecule has 1 amide bonds. The average molecular weight is 448 g/mol. The maximum atomic E-state index is 12.9. The van der Waals surface area contributed by atoms with E-state index in [1.807, 2.05) is 0 Å². The number of aromatic nitrogens is 2. The van der Waals surface area contributed by atoms with Gasteiger partial charge < -0.3 is 10.2 Å². The fraction of sp³-hybridized carbons (Fsp3) is 0.522. The fourth-order valence-corrected chi connectivity index (χ4v) is 4.45. The third-order valence-electron chi connectivity index (χ3n) is 6.30. The Kier molecular flexibility index (Phi) is 6.93. The van der Waals surface area contributed by atoms with Gasteiger partial charge in [0.05, 0.1) is 5.56 Å². The van der Waals surface area contributed by atoms with Crippen molar-refractivity contribution in [1.29, 1.82) is 0 Å². The van der Waals surface area contributed by atoms with E-state index < -0.39 is 11.7 Å². The molecular formula is C23H28F3N5O. The molecule has 2 fully saturated rings. The highest BCUT2D eigenvalue weighted by Gasteiger charge is 2.31. The van der Waals surface area contributed by atoms with Crippen molar-refractivity contribution < 1.29 is 18.0 Å². The summed E-state index contributed by atoms with van der Waals surface area (Å²) in [7, 11) is 0. The highest BCUT2D eigenvalue weighted by molar-refractivity contribution is 5.79. The van der Waals surface area contributed by atoms with Gasteiger partial charge in [-0.05, 0) is 43.4 Å². The smallest absolute Gasteiger partial charge is 0.353 e. The molecule has 0 spiro atoms. The largest absolute Gasteiger partial charge is 0.416 e. The number of anilines is 1. The summed E-state index contributed by atoms with van der Waals surface area (Å²) < 4.78 is 38.8. The predicted octanol–water partition coefficient (Wildman–Crippen LogP) is 3.49. The summed E-state index contributed by atoms with van der Waals surface area (Å²) in [4.78, 5) is 25.5. The lowest BCUT2D eigenvalue weighted by Crippen LogP contribution is -2.48. The Balaban J connectivity index is 1.20. The minimum absolute atomic E-state index is 0.00176. The van der Waals surface area contributed by atoms with Gasteiger partial charge >= 0.3 is 6.18 Å². The van der Waals surface area contributed by atoms with Gasteiger partial charge in [0.1, 0.15) is 0 Å². The molecule has 0 bridgehead atoms. The maximum Gasteiger partial charge on any atom is 0.416 e. The van der Waals surface area contributed by atoms with Crippen LogP contribution < -0.4 is 10.2 Å². The first-order valence-corrected chi connectivity index (χ1v) is 11.1. The van der Waals surface area contributed by atoms with Crippen molar-refractivity contribution in [2.45, 2.75) is 44.4 Å². The minimum atomic E-state index is -4.32. The molecule has 0 aliphatic carbocycles. The summed E-state index contributed by atoms with van der Waals surface area (Å²) in [5.41, 5.74) is 0.0542. The lowest BCUT2D eigenvalue weighted by Gasteiger charge is -2.35. The van der Waals surface area contributed by atoms with Gasteiger partial charge in [-0.1, -0.05) is 18.2 Å². The van der Waals surface area contributed by atoms with Crippen molar-refractivity contribution >= 4 is 11.9 Å². The number of alkyl halides is 3. The van der Waals surface area contributed by atoms with Crippen molar-refractivity contribution in [3.63, 3.8) is 0 Å². The second-order valence-corrected chi connectivity index (χ2v) is 8.57. The van der Waals surface area contributed by atoms with Crippen molar-refractivity contribution in [2.75, 3.05) is 31.1 Å². The van der Waals surface area contributed by atoms with Crippen LogP contribution in [0, 0.1) is 5.92 Å². The Morgan fingerprint density at radius 2 is 1.69 bits per heavy atom. The molecule has 9 heteroatoms. The van der Waals surface area contributed by atoms with Crippen LogP contribution >= 0.6 is 0 Å². The Morgan fingerprint density at radius 3 is 2.34 bits per heavy atom. The molecule has 1 aromatic heterocycles. The number of nitrogens with one attached hydrogen (secondary N) is 1. The van der Waals surface area contributed by atoms with E-state index in [9.17, 15) is 18.0 Å². The highest BCUT2D eigenvalue weighted by atomic mass is 19.4. The highest BCUT2D eigenvalue weighted by Crippen LogP contribution is 2.30. The van der Waals surface area contributed by atoms with Crippen LogP contribution in [0.15, 0.2) is 42.7 Å². The first-order chi connectivity index (χ1) is 15.4. The molecule has 2 aliphatic rings. The van der Waals surface area contributed by atoms with Crippen LogP contribution in [0.4, 0.5) is 19.1 Å². The molecule has 172 valence electrons. The number of likely N-dealkylation sites (tertiary alicyclic amines) is 1. The van der Waals surface area contributed by atoms with E-state index in [2.05, 4.69) is 25.1 Å². The van der Waals surface area contributed by atoms with E-state index in [0.717, 1.165) is 57.9 Å². The number of halogens is 3. The monoisotopic (exact) mass is 447 g/mol. The van der Waals surface area contributed by atoms with Gasteiger partial charge in [-0.25, -0.2) is 9.97 Å². The van der Waals surface area contributed by atoms with Gasteiger partial charge in [-0.3, -0.25) is 9.69 Å². The summed E-state index contributed by atoms with van der Waals surface area (Å²) in [5, 5.41) is 3.19. The second-order valence-electron chi connectivity index (χ2n) is 8.57. The number of hydrogen-bond acceptors (Lipinski definition) is 5. The van der Waals surface area contributed by atoms with E-state index in [1.165, 1.54) is 12.1 Å². The van der Waals surface area contributed by atoms with Crippen molar-refractivity contribution in [2.24, 2.45) is 5.92 Å². The third kappa shape index (κ3) is 5.76. The van der Waals surface area contributed by atoms with E-state index in [1.54, 1.807) is 24.5 Å². The molecule has 1 N–H and O–H groups in total. The van der Waals surface area contributed by atoms with Gasteiger partial charge in [-0.15, -0.1) is 0 Å². The molecular weight excluding hydrogens is 419 g/mol. The number of rotatable bonds is 5. The summed E-state index contributed by atoms with van der Waals surface area (Å²) >= 11 is 0. The topological polar surface area (TPSA) is 61.4 Å². The number of amides is 1. The van der Waals surface area contributed by atoms with Crippen molar-refractivity contribution in [3.05, 3.63) is 53.9 Å². The van der Waals surface area contributed by atoms with Gasteiger partial charge in [0, 0.05) is 57.1 Å². The molecule has 3 heterocycles. The Morgan fingerprint density at radius 1 is 1.00 bits per heavy atom. The molecule has 1 aromatic carbocycles. The second kappa shape index (κ2) is 9.85. The van der Waals surface area contributed by atoms with Gasteiger partial charge in [0.2, 0.25) is 11.9 Å². The number of piperidine rings is 2. The zero-order valence-corrected chi connectivity index (χ0v) is 17.9. The van der Waals surface area contributed by atoms with Crippen molar-refractivity contribution in [1.82, 2.24) is 20.2 Å². The fourth-order valence-electron chi connectivity index (χ4n) is 4.45. The summed E-state index contributed by atoms with van der Waals surface area (Å²) in [6.07, 6.45) is 2.29. The zero-order chi connectivity index (χ0) is 22.6. The third-order valence-corrected chi connectivity index (χ3v) is 6.30. The van der Waals surface area contributed by atoms with Crippen LogP contribution in [0.1, 0.15) is 36.8 Å². The minimum Gasteiger partial charge on any atom is -0.353 e. The summed E-state index contributed by atoms with van der Waals surface area (Å²) in [5.74, 6) is 0.813. The van der Waals surface area contributed by atoms with Crippen molar-refractivity contribution in [3.8, 4) is 0 Å². The zero-order valence-electron chi connectivity index (χ0n) is 17.9. The van der Waals surface area contributed by atoms with Gasteiger partial charge in [0.25, 0.3) is 0 Å². The van der Waals surface area contributed by atoms with E-state index >= 15 is 0 Å². The number of carbonyl (C=O) groups is 1. The lowest BCUT2D eigenvalue weighted by molar-refractivity contribution is -0.137. The average Bonchev–Trinajstić information content (AvgIpc) is 2.81. The summed E-state index contributed by atoms with van der Waals surface area (Å²) in [6.45, 7) is 3.52. The molecule has 2 saturated heterocycles. The van der Waals surface area contributed by atoms with Crippen LogP contribution in [0.2, 0.25) is 0 Å². The van der Waals surface area contributed by atoms with Gasteiger partial charge in [0.15, 0.2) is 0 Å². The maximum absolute atomic E-state index is 12.9. The SMILES string of the molecule is O=C(NC1CCN(Cc2cccc(C(F)(F)F)c2)CC1)C1CCN(c2ncccn2)CC1. The molecule has 0 atom stereocenters. The molecule has 0 radical (unpaired) electrons. The number of carbonyl (C=O) groups excluding carboxylic acids is 1. The first-order valence-electron chi connectivity index (χ1n) is 11.1. The molecule has 0 saturated carbocycles. The normalized spacial score (nSPS) is 19.2. The van der Waals surface area contributed by atoms with E-state index in [0.29, 0.717) is 18.1 Å². The van der Waals surface area contributed by atoms with Crippen LogP contribution in [0.5, 0.6) is 0 Å². The Labute approximate surface area is 185 Å². The summed E-state index contributed by atoms with van der Waals surface area (Å²) in [6, 6.07) is 7.42. The van der Waals surface area contributed by atoms with E-state index in [-0.39, 0.29) is 17.9 Å².